The van der Waals surface area contributed by atoms with Gasteiger partial charge >= 0.3 is 6.09 Å². The molecular weight excluding hydrogens is 178 g/mol. The Morgan fingerprint density at radius 1 is 1.21 bits per heavy atom. The largest absolute Gasteiger partial charge is 0.465 e. The lowest BCUT2D eigenvalue weighted by atomic mass is 9.92. The first-order chi connectivity index (χ1) is 6.79. The standard InChI is InChI=1S/C11H11NO2/c13-11(14)12-9-5-6-10(12)8-4-2-1-3-7(8)9/h1-4,9-10H,5-6H2,(H,13,14). The van der Waals surface area contributed by atoms with Gasteiger partial charge in [-0.05, 0) is 24.0 Å². The monoisotopic (exact) mass is 189 g/mol. The SMILES string of the molecule is O=C(O)N1C2CCC1c1ccccc12. The molecule has 2 heterocycles. The molecule has 1 amide bonds. The van der Waals surface area contributed by atoms with Crippen molar-refractivity contribution in [2.75, 3.05) is 0 Å². The molecule has 2 aliphatic rings. The highest BCUT2D eigenvalue weighted by molar-refractivity contribution is 5.69. The van der Waals surface area contributed by atoms with Crippen LogP contribution in [0.1, 0.15) is 36.1 Å². The van der Waals surface area contributed by atoms with Crippen molar-refractivity contribution in [1.82, 2.24) is 4.90 Å². The quantitative estimate of drug-likeness (QED) is 0.681. The first kappa shape index (κ1) is 7.85. The highest BCUT2D eigenvalue weighted by Gasteiger charge is 2.46. The van der Waals surface area contributed by atoms with Crippen LogP contribution in [0.5, 0.6) is 0 Å². The summed E-state index contributed by atoms with van der Waals surface area (Å²) >= 11 is 0. The lowest BCUT2D eigenvalue weighted by Crippen LogP contribution is -2.25. The van der Waals surface area contributed by atoms with E-state index < -0.39 is 6.09 Å². The summed E-state index contributed by atoms with van der Waals surface area (Å²) in [7, 11) is 0. The number of nitrogens with zero attached hydrogens (tertiary/aromatic N) is 1. The smallest absolute Gasteiger partial charge is 0.408 e. The fourth-order valence-electron chi connectivity index (χ4n) is 2.81. The molecule has 3 nitrogen and oxygen atoms in total. The summed E-state index contributed by atoms with van der Waals surface area (Å²) in [5, 5.41) is 9.09. The maximum atomic E-state index is 11.1. The zero-order valence-corrected chi connectivity index (χ0v) is 7.68. The third-order valence-corrected chi connectivity index (χ3v) is 3.32. The Bertz CT molecular complexity index is 371. The van der Waals surface area contributed by atoms with Crippen molar-refractivity contribution in [1.29, 1.82) is 0 Å². The van der Waals surface area contributed by atoms with Gasteiger partial charge in [0.05, 0.1) is 12.1 Å². The van der Waals surface area contributed by atoms with E-state index >= 15 is 0 Å². The van der Waals surface area contributed by atoms with Gasteiger partial charge in [0.2, 0.25) is 0 Å². The highest BCUT2D eigenvalue weighted by atomic mass is 16.4. The summed E-state index contributed by atoms with van der Waals surface area (Å²) in [4.78, 5) is 12.7. The van der Waals surface area contributed by atoms with Crippen LogP contribution in [0.25, 0.3) is 0 Å². The van der Waals surface area contributed by atoms with Crippen LogP contribution in [0, 0.1) is 0 Å². The Morgan fingerprint density at radius 3 is 2.14 bits per heavy atom. The van der Waals surface area contributed by atoms with Crippen LogP contribution < -0.4 is 0 Å². The minimum absolute atomic E-state index is 0.119. The van der Waals surface area contributed by atoms with Gasteiger partial charge in [0.25, 0.3) is 0 Å². The predicted molar refractivity (Wildman–Crippen MR) is 51.0 cm³/mol. The first-order valence-electron chi connectivity index (χ1n) is 4.89. The summed E-state index contributed by atoms with van der Waals surface area (Å²) in [5.41, 5.74) is 2.43. The van der Waals surface area contributed by atoms with Gasteiger partial charge in [0.1, 0.15) is 0 Å². The lowest BCUT2D eigenvalue weighted by Gasteiger charge is -2.17. The molecule has 72 valence electrons. The third kappa shape index (κ3) is 0.794. The van der Waals surface area contributed by atoms with Crippen LogP contribution in [0.2, 0.25) is 0 Å². The molecule has 0 aromatic heterocycles. The Labute approximate surface area is 82.0 Å². The van der Waals surface area contributed by atoms with Crippen LogP contribution in [0.4, 0.5) is 4.79 Å². The number of amides is 1. The maximum Gasteiger partial charge on any atom is 0.408 e. The van der Waals surface area contributed by atoms with Crippen molar-refractivity contribution in [2.45, 2.75) is 24.9 Å². The van der Waals surface area contributed by atoms with Crippen molar-refractivity contribution in [3.8, 4) is 0 Å². The summed E-state index contributed by atoms with van der Waals surface area (Å²) in [5.74, 6) is 0. The van der Waals surface area contributed by atoms with Crippen molar-refractivity contribution >= 4 is 6.09 Å². The van der Waals surface area contributed by atoms with E-state index in [0.717, 1.165) is 12.8 Å². The molecule has 2 bridgehead atoms. The average Bonchev–Trinajstić information content (AvgIpc) is 2.73. The molecule has 1 aromatic rings. The van der Waals surface area contributed by atoms with Crippen LogP contribution in [-0.4, -0.2) is 16.1 Å². The summed E-state index contributed by atoms with van der Waals surface area (Å²) in [6.07, 6.45) is 1.18. The van der Waals surface area contributed by atoms with Gasteiger partial charge in [-0.1, -0.05) is 24.3 Å². The molecule has 14 heavy (non-hydrogen) atoms. The topological polar surface area (TPSA) is 40.5 Å². The van der Waals surface area contributed by atoms with E-state index in [-0.39, 0.29) is 12.1 Å². The van der Waals surface area contributed by atoms with E-state index in [4.69, 9.17) is 5.11 Å². The van der Waals surface area contributed by atoms with Crippen LogP contribution in [0.3, 0.4) is 0 Å². The Kier molecular flexibility index (Phi) is 1.40. The Hall–Kier alpha value is -1.51. The molecule has 2 atom stereocenters. The minimum atomic E-state index is -0.784. The second kappa shape index (κ2) is 2.50. The molecule has 0 saturated carbocycles. The van der Waals surface area contributed by atoms with Gasteiger partial charge < -0.3 is 5.11 Å². The van der Waals surface area contributed by atoms with Crippen LogP contribution in [-0.2, 0) is 0 Å². The fourth-order valence-corrected chi connectivity index (χ4v) is 2.81. The number of carbonyl (C=O) groups is 1. The number of rotatable bonds is 0. The number of carboxylic acid groups (broad SMARTS) is 1. The molecule has 0 radical (unpaired) electrons. The molecule has 2 aliphatic heterocycles. The molecule has 0 aliphatic carbocycles. The van der Waals surface area contributed by atoms with E-state index in [2.05, 4.69) is 12.1 Å². The number of benzene rings is 1. The third-order valence-electron chi connectivity index (χ3n) is 3.32. The van der Waals surface area contributed by atoms with Gasteiger partial charge in [0, 0.05) is 0 Å². The number of hydrogen-bond donors (Lipinski definition) is 1. The second-order valence-electron chi connectivity index (χ2n) is 3.93. The first-order valence-corrected chi connectivity index (χ1v) is 4.89. The zero-order chi connectivity index (χ0) is 9.71. The molecule has 1 aromatic carbocycles. The Balaban J connectivity index is 2.13. The molecule has 1 N–H and O–H groups in total. The number of hydrogen-bond acceptors (Lipinski definition) is 1. The molecule has 3 rings (SSSR count). The minimum Gasteiger partial charge on any atom is -0.465 e. The van der Waals surface area contributed by atoms with Gasteiger partial charge in [-0.3, -0.25) is 4.90 Å². The van der Waals surface area contributed by atoms with Crippen molar-refractivity contribution in [3.63, 3.8) is 0 Å². The van der Waals surface area contributed by atoms with E-state index in [9.17, 15) is 4.79 Å². The van der Waals surface area contributed by atoms with Gasteiger partial charge in [-0.15, -0.1) is 0 Å². The number of fused-ring (bicyclic) bond motifs is 5. The van der Waals surface area contributed by atoms with E-state index in [0.29, 0.717) is 0 Å². The lowest BCUT2D eigenvalue weighted by molar-refractivity contribution is 0.130. The van der Waals surface area contributed by atoms with Gasteiger partial charge in [0.15, 0.2) is 0 Å². The Morgan fingerprint density at radius 2 is 1.71 bits per heavy atom. The van der Waals surface area contributed by atoms with Crippen LogP contribution >= 0.6 is 0 Å². The normalized spacial score (nSPS) is 27.9. The van der Waals surface area contributed by atoms with Gasteiger partial charge in [-0.25, -0.2) is 4.79 Å². The zero-order valence-electron chi connectivity index (χ0n) is 7.68. The maximum absolute atomic E-state index is 11.1. The second-order valence-corrected chi connectivity index (χ2v) is 3.93. The van der Waals surface area contributed by atoms with Gasteiger partial charge in [-0.2, -0.15) is 0 Å². The van der Waals surface area contributed by atoms with E-state index in [1.165, 1.54) is 11.1 Å². The molecule has 3 heteroatoms. The van der Waals surface area contributed by atoms with Crippen LogP contribution in [0.15, 0.2) is 24.3 Å². The fraction of sp³-hybridized carbons (Fsp3) is 0.364. The highest BCUT2D eigenvalue weighted by Crippen LogP contribution is 2.52. The van der Waals surface area contributed by atoms with E-state index in [1.54, 1.807) is 4.90 Å². The van der Waals surface area contributed by atoms with E-state index in [1.807, 2.05) is 12.1 Å². The van der Waals surface area contributed by atoms with Crippen molar-refractivity contribution in [2.24, 2.45) is 0 Å². The summed E-state index contributed by atoms with van der Waals surface area (Å²) in [6.45, 7) is 0. The summed E-state index contributed by atoms with van der Waals surface area (Å²) in [6, 6.07) is 8.31. The molecule has 2 unspecified atom stereocenters. The van der Waals surface area contributed by atoms with Crippen molar-refractivity contribution in [3.05, 3.63) is 35.4 Å². The van der Waals surface area contributed by atoms with Crippen molar-refractivity contribution < 1.29 is 9.90 Å². The predicted octanol–water partition coefficient (Wildman–Crippen LogP) is 2.56. The summed E-state index contributed by atoms with van der Waals surface area (Å²) < 4.78 is 0. The average molecular weight is 189 g/mol. The molecular formula is C11H11NO2. The molecule has 1 fully saturated rings. The molecule has 1 saturated heterocycles. The molecule has 0 spiro atoms.